The predicted octanol–water partition coefficient (Wildman–Crippen LogP) is 4.24. The van der Waals surface area contributed by atoms with Gasteiger partial charge in [0.1, 0.15) is 17.1 Å². The van der Waals surface area contributed by atoms with Gasteiger partial charge in [0.25, 0.3) is 0 Å². The second kappa shape index (κ2) is 11.2. The summed E-state index contributed by atoms with van der Waals surface area (Å²) in [6.07, 6.45) is 0. The Bertz CT molecular complexity index is 568. The summed E-state index contributed by atoms with van der Waals surface area (Å²) < 4.78 is 27.1. The normalized spacial score (nSPS) is 11.3. The molecule has 0 aliphatic carbocycles. The topological polar surface area (TPSA) is 63.2 Å². The van der Waals surface area contributed by atoms with E-state index in [9.17, 15) is 4.79 Å². The fraction of sp³-hybridized carbons (Fsp3) is 0.632. The molecule has 0 aliphatic rings. The van der Waals surface area contributed by atoms with Crippen LogP contribution in [0, 0.1) is 6.92 Å². The van der Waals surface area contributed by atoms with E-state index in [1.165, 1.54) is 0 Å². The lowest BCUT2D eigenvalue weighted by Gasteiger charge is -2.26. The van der Waals surface area contributed by atoms with E-state index in [4.69, 9.17) is 23.7 Å². The first-order valence-corrected chi connectivity index (χ1v) is 12.7. The fourth-order valence-electron chi connectivity index (χ4n) is 2.09. The van der Waals surface area contributed by atoms with Crippen LogP contribution in [-0.2, 0) is 14.2 Å². The minimum absolute atomic E-state index is 0.0556. The van der Waals surface area contributed by atoms with Crippen LogP contribution in [0.1, 0.15) is 29.8 Å². The maximum Gasteiger partial charge on any atom is 0.342 e. The van der Waals surface area contributed by atoms with E-state index < -0.39 is 8.07 Å². The van der Waals surface area contributed by atoms with Crippen molar-refractivity contribution in [3.05, 3.63) is 23.3 Å². The van der Waals surface area contributed by atoms with Gasteiger partial charge in [-0.05, 0) is 32.4 Å². The van der Waals surface area contributed by atoms with Crippen LogP contribution in [0.4, 0.5) is 0 Å². The summed E-state index contributed by atoms with van der Waals surface area (Å²) in [6, 6.07) is 4.37. The van der Waals surface area contributed by atoms with Gasteiger partial charge in [-0.1, -0.05) is 0 Å². The molecule has 0 heterocycles. The number of hydrogen-bond acceptors (Lipinski definition) is 6. The first kappa shape index (κ1) is 22.5. The highest BCUT2D eigenvalue weighted by molar-refractivity contribution is 6.76. The molecule has 1 aromatic rings. The molecule has 6 nitrogen and oxygen atoms in total. The van der Waals surface area contributed by atoms with Gasteiger partial charge in [-0.2, -0.15) is 19.6 Å². The summed E-state index contributed by atoms with van der Waals surface area (Å²) in [7, 11) is -1.27. The van der Waals surface area contributed by atoms with Gasteiger partial charge in [0.05, 0.1) is 6.61 Å². The Morgan fingerprint density at radius 2 is 1.62 bits per heavy atom. The van der Waals surface area contributed by atoms with E-state index in [0.717, 1.165) is 11.6 Å². The summed E-state index contributed by atoms with van der Waals surface area (Å²) in [5.41, 5.74) is 1.13. The third-order valence-corrected chi connectivity index (χ3v) is 5.28. The van der Waals surface area contributed by atoms with Gasteiger partial charge < -0.3 is 23.7 Å². The standard InChI is InChI=1S/C19H32O6Si/c1-7-21-13-24-16-11-15(3)18(17(12-16)25-14-22-8-2)19(20)23-9-10-26(4,5)6/h11-12H,7-10,13-14H2,1-6H3/q-1. The smallest absolute Gasteiger partial charge is 0.342 e. The molecule has 0 spiro atoms. The van der Waals surface area contributed by atoms with E-state index >= 15 is 0 Å². The molecule has 0 aliphatic heterocycles. The molecular formula is C19H32O6Si-. The molecule has 0 saturated carbocycles. The van der Waals surface area contributed by atoms with Crippen LogP contribution >= 0.6 is 0 Å². The van der Waals surface area contributed by atoms with E-state index in [2.05, 4.69) is 19.6 Å². The average molecular weight is 385 g/mol. The van der Waals surface area contributed by atoms with Crippen LogP contribution in [0.25, 0.3) is 0 Å². The van der Waals surface area contributed by atoms with Crippen molar-refractivity contribution >= 4 is 14.0 Å². The van der Waals surface area contributed by atoms with Gasteiger partial charge in [-0.25, -0.2) is 4.79 Å². The highest BCUT2D eigenvalue weighted by atomic mass is 28.3. The molecule has 0 atom stereocenters. The summed E-state index contributed by atoms with van der Waals surface area (Å²) in [5.74, 6) is 0.577. The Kier molecular flexibility index (Phi) is 9.68. The minimum atomic E-state index is -1.27. The zero-order valence-electron chi connectivity index (χ0n) is 16.8. The number of aryl methyl sites for hydroxylation is 1. The largest absolute Gasteiger partial charge is 0.467 e. The third kappa shape index (κ3) is 8.20. The lowest BCUT2D eigenvalue weighted by atomic mass is 10.1. The van der Waals surface area contributed by atoms with Crippen molar-refractivity contribution in [3.63, 3.8) is 0 Å². The lowest BCUT2D eigenvalue weighted by molar-refractivity contribution is 0.0171. The summed E-state index contributed by atoms with van der Waals surface area (Å²) in [5, 5.41) is 0. The number of carbonyl (C=O) groups is 1. The molecule has 26 heavy (non-hydrogen) atoms. The Morgan fingerprint density at radius 1 is 1.00 bits per heavy atom. The SMILES string of the molecule is CCOCOc1cc(C)c(C(=O)OCC[Si-](C)(C)C)c(OCOCC)c1. The monoisotopic (exact) mass is 384 g/mol. The molecule has 149 valence electrons. The van der Waals surface area contributed by atoms with E-state index in [-0.39, 0.29) is 19.6 Å². The first-order chi connectivity index (χ1) is 12.3. The van der Waals surface area contributed by atoms with Crippen LogP contribution in [0.15, 0.2) is 12.1 Å². The van der Waals surface area contributed by atoms with Crippen molar-refractivity contribution in [2.75, 3.05) is 33.4 Å². The molecular weight excluding hydrogens is 352 g/mol. The second-order valence-corrected chi connectivity index (χ2v) is 12.7. The van der Waals surface area contributed by atoms with Gasteiger partial charge in [0, 0.05) is 19.3 Å². The zero-order chi connectivity index (χ0) is 19.6. The molecule has 0 fully saturated rings. The summed E-state index contributed by atoms with van der Waals surface area (Å²) in [4.78, 5) is 12.6. The summed E-state index contributed by atoms with van der Waals surface area (Å²) >= 11 is 0. The van der Waals surface area contributed by atoms with Gasteiger partial charge >= 0.3 is 5.97 Å². The lowest BCUT2D eigenvalue weighted by Crippen LogP contribution is -2.23. The van der Waals surface area contributed by atoms with Crippen molar-refractivity contribution in [3.8, 4) is 11.5 Å². The maximum atomic E-state index is 12.6. The molecule has 0 N–H and O–H groups in total. The van der Waals surface area contributed by atoms with E-state index in [1.807, 2.05) is 20.8 Å². The molecule has 1 rings (SSSR count). The van der Waals surface area contributed by atoms with E-state index in [0.29, 0.717) is 36.9 Å². The molecule has 0 aromatic heterocycles. The average Bonchev–Trinajstić information content (AvgIpc) is 2.53. The molecule has 0 amide bonds. The molecule has 0 unspecified atom stereocenters. The Morgan fingerprint density at radius 3 is 2.19 bits per heavy atom. The number of esters is 1. The molecule has 0 saturated heterocycles. The van der Waals surface area contributed by atoms with Crippen LogP contribution in [-0.4, -0.2) is 47.4 Å². The van der Waals surface area contributed by atoms with Crippen LogP contribution in [0.2, 0.25) is 25.7 Å². The van der Waals surface area contributed by atoms with Crippen molar-refractivity contribution in [1.82, 2.24) is 0 Å². The second-order valence-electron chi connectivity index (χ2n) is 7.07. The highest BCUT2D eigenvalue weighted by Gasteiger charge is 2.19. The van der Waals surface area contributed by atoms with Crippen LogP contribution in [0.3, 0.4) is 0 Å². The van der Waals surface area contributed by atoms with Crippen LogP contribution < -0.4 is 9.47 Å². The van der Waals surface area contributed by atoms with Gasteiger partial charge in [0.15, 0.2) is 13.6 Å². The van der Waals surface area contributed by atoms with Crippen molar-refractivity contribution in [2.45, 2.75) is 46.5 Å². The Hall–Kier alpha value is -1.57. The van der Waals surface area contributed by atoms with Crippen molar-refractivity contribution < 1.29 is 28.5 Å². The Labute approximate surface area is 157 Å². The number of hydrogen-bond donors (Lipinski definition) is 0. The number of benzene rings is 1. The van der Waals surface area contributed by atoms with Gasteiger partial charge in [-0.15, -0.1) is 14.1 Å². The van der Waals surface area contributed by atoms with E-state index in [1.54, 1.807) is 12.1 Å². The third-order valence-electron chi connectivity index (χ3n) is 3.58. The number of rotatable bonds is 12. The quantitative estimate of drug-likeness (QED) is 0.232. The fourth-order valence-corrected chi connectivity index (χ4v) is 2.80. The molecule has 0 bridgehead atoms. The number of ether oxygens (including phenoxy) is 5. The first-order valence-electron chi connectivity index (χ1n) is 9.01. The predicted molar refractivity (Wildman–Crippen MR) is 104 cm³/mol. The maximum absolute atomic E-state index is 12.6. The van der Waals surface area contributed by atoms with Crippen molar-refractivity contribution in [1.29, 1.82) is 0 Å². The minimum Gasteiger partial charge on any atom is -0.467 e. The Balaban J connectivity index is 2.93. The number of carbonyl (C=O) groups excluding carboxylic acids is 1. The van der Waals surface area contributed by atoms with Crippen LogP contribution in [0.5, 0.6) is 11.5 Å². The zero-order valence-corrected chi connectivity index (χ0v) is 17.8. The van der Waals surface area contributed by atoms with Gasteiger partial charge in [0.2, 0.25) is 0 Å². The molecule has 7 heteroatoms. The summed E-state index contributed by atoms with van der Waals surface area (Å²) in [6.45, 7) is 14.0. The molecule has 0 radical (unpaired) electrons. The highest BCUT2D eigenvalue weighted by Crippen LogP contribution is 2.30. The van der Waals surface area contributed by atoms with Gasteiger partial charge in [-0.3, -0.25) is 0 Å². The molecule has 1 aromatic carbocycles. The van der Waals surface area contributed by atoms with Crippen molar-refractivity contribution in [2.24, 2.45) is 0 Å².